The van der Waals surface area contributed by atoms with Crippen molar-refractivity contribution in [2.45, 2.75) is 19.0 Å². The molecule has 0 bridgehead atoms. The molecule has 23 heavy (non-hydrogen) atoms. The van der Waals surface area contributed by atoms with Gasteiger partial charge in [-0.2, -0.15) is 13.2 Å². The number of hydrogen-bond acceptors (Lipinski definition) is 3. The van der Waals surface area contributed by atoms with E-state index in [-0.39, 0.29) is 0 Å². The zero-order valence-corrected chi connectivity index (χ0v) is 13.2. The van der Waals surface area contributed by atoms with Crippen LogP contribution >= 0.6 is 0 Å². The maximum atomic E-state index is 12.4. The molecule has 2 aliphatic heterocycles. The van der Waals surface area contributed by atoms with Crippen LogP contribution in [0, 0.1) is 5.92 Å². The topological polar surface area (TPSA) is 15.7 Å². The highest BCUT2D eigenvalue weighted by Gasteiger charge is 2.32. The Morgan fingerprint density at radius 1 is 1.04 bits per heavy atom. The van der Waals surface area contributed by atoms with E-state index in [9.17, 15) is 13.2 Å². The zero-order valence-electron chi connectivity index (χ0n) is 13.2. The van der Waals surface area contributed by atoms with Gasteiger partial charge in [-0.15, -0.1) is 0 Å². The van der Waals surface area contributed by atoms with Gasteiger partial charge in [0.25, 0.3) is 0 Å². The summed E-state index contributed by atoms with van der Waals surface area (Å²) < 4.78 is 43.1. The summed E-state index contributed by atoms with van der Waals surface area (Å²) in [7, 11) is 0. The minimum absolute atomic E-state index is 0.499. The Balaban J connectivity index is 1.49. The molecule has 1 aromatic rings. The monoisotopic (exact) mass is 328 g/mol. The van der Waals surface area contributed by atoms with Crippen LogP contribution < -0.4 is 4.74 Å². The molecule has 2 aliphatic rings. The van der Waals surface area contributed by atoms with Gasteiger partial charge < -0.3 is 9.64 Å². The molecule has 0 aliphatic carbocycles. The van der Waals surface area contributed by atoms with Gasteiger partial charge in [-0.3, -0.25) is 4.90 Å². The third kappa shape index (κ3) is 4.85. The van der Waals surface area contributed by atoms with Crippen molar-refractivity contribution in [1.82, 2.24) is 9.80 Å². The van der Waals surface area contributed by atoms with Crippen LogP contribution in [0.15, 0.2) is 24.3 Å². The summed E-state index contributed by atoms with van der Waals surface area (Å²) in [5, 5.41) is 0. The molecule has 1 atom stereocenters. The first-order valence-corrected chi connectivity index (χ1v) is 8.22. The molecular weight excluding hydrogens is 305 g/mol. The van der Waals surface area contributed by atoms with E-state index in [0.717, 1.165) is 44.8 Å². The van der Waals surface area contributed by atoms with E-state index >= 15 is 0 Å². The van der Waals surface area contributed by atoms with Crippen molar-refractivity contribution in [3.8, 4) is 5.75 Å². The second-order valence-electron chi connectivity index (χ2n) is 6.51. The summed E-state index contributed by atoms with van der Waals surface area (Å²) >= 11 is 0. The van der Waals surface area contributed by atoms with E-state index < -0.39 is 12.7 Å². The second kappa shape index (κ2) is 7.09. The lowest BCUT2D eigenvalue weighted by atomic mass is 9.96. The third-order valence-corrected chi connectivity index (χ3v) is 4.65. The van der Waals surface area contributed by atoms with Gasteiger partial charge in [0.15, 0.2) is 0 Å². The average molecular weight is 328 g/mol. The van der Waals surface area contributed by atoms with Crippen LogP contribution in [-0.2, 0) is 6.42 Å². The summed E-state index contributed by atoms with van der Waals surface area (Å²) in [6, 6.07) is 8.13. The number of para-hydroxylation sites is 1. The Morgan fingerprint density at radius 3 is 2.48 bits per heavy atom. The van der Waals surface area contributed by atoms with Gasteiger partial charge in [0.05, 0.1) is 13.2 Å². The van der Waals surface area contributed by atoms with Crippen LogP contribution in [0.4, 0.5) is 13.2 Å². The minimum atomic E-state index is -4.09. The van der Waals surface area contributed by atoms with Crippen LogP contribution in [0.25, 0.3) is 0 Å². The van der Waals surface area contributed by atoms with Crippen molar-refractivity contribution in [3.05, 3.63) is 29.8 Å². The molecule has 0 spiro atoms. The number of piperazine rings is 1. The molecule has 0 saturated carbocycles. The number of hydrogen-bond donors (Lipinski definition) is 0. The molecule has 3 rings (SSSR count). The average Bonchev–Trinajstić information content (AvgIpc) is 2.69. The smallest absolute Gasteiger partial charge is 0.401 e. The largest absolute Gasteiger partial charge is 0.493 e. The lowest BCUT2D eigenvalue weighted by Gasteiger charge is -2.36. The van der Waals surface area contributed by atoms with Gasteiger partial charge in [0.1, 0.15) is 5.75 Å². The highest BCUT2D eigenvalue weighted by molar-refractivity contribution is 5.34. The molecule has 0 radical (unpaired) electrons. The number of halogens is 3. The van der Waals surface area contributed by atoms with E-state index in [1.165, 1.54) is 10.5 Å². The third-order valence-electron chi connectivity index (χ3n) is 4.65. The molecule has 0 aromatic heterocycles. The summed E-state index contributed by atoms with van der Waals surface area (Å²) in [6.07, 6.45) is -2.11. The minimum Gasteiger partial charge on any atom is -0.493 e. The molecule has 1 saturated heterocycles. The van der Waals surface area contributed by atoms with Crippen molar-refractivity contribution in [1.29, 1.82) is 0 Å². The van der Waals surface area contributed by atoms with Gasteiger partial charge in [-0.25, -0.2) is 0 Å². The van der Waals surface area contributed by atoms with Crippen molar-refractivity contribution in [3.63, 3.8) is 0 Å². The fourth-order valence-electron chi connectivity index (χ4n) is 3.47. The Morgan fingerprint density at radius 2 is 1.74 bits per heavy atom. The van der Waals surface area contributed by atoms with E-state index in [0.29, 0.717) is 19.0 Å². The van der Waals surface area contributed by atoms with Crippen molar-refractivity contribution in [2.24, 2.45) is 5.92 Å². The van der Waals surface area contributed by atoms with E-state index in [4.69, 9.17) is 4.74 Å². The number of nitrogens with zero attached hydrogens (tertiary/aromatic N) is 2. The fourth-order valence-corrected chi connectivity index (χ4v) is 3.47. The SMILES string of the molecule is FC(F)(F)CN1CCN(CC2CCOc3ccccc3C2)CC1. The van der Waals surface area contributed by atoms with Crippen LogP contribution in [0.1, 0.15) is 12.0 Å². The molecule has 0 amide bonds. The van der Waals surface area contributed by atoms with Crippen molar-refractivity contribution in [2.75, 3.05) is 45.9 Å². The van der Waals surface area contributed by atoms with Crippen molar-refractivity contribution < 1.29 is 17.9 Å². The number of ether oxygens (including phenoxy) is 1. The number of alkyl halides is 3. The molecule has 1 unspecified atom stereocenters. The van der Waals surface area contributed by atoms with Gasteiger partial charge in [-0.05, 0) is 30.4 Å². The molecule has 1 aromatic carbocycles. The Kier molecular flexibility index (Phi) is 5.11. The molecular formula is C17H23F3N2O. The Labute approximate surface area is 135 Å². The highest BCUT2D eigenvalue weighted by atomic mass is 19.4. The normalized spacial score (nSPS) is 23.9. The summed E-state index contributed by atoms with van der Waals surface area (Å²) in [5.74, 6) is 1.48. The first-order valence-electron chi connectivity index (χ1n) is 8.22. The van der Waals surface area contributed by atoms with E-state index in [1.807, 2.05) is 18.2 Å². The number of benzene rings is 1. The fraction of sp³-hybridized carbons (Fsp3) is 0.647. The van der Waals surface area contributed by atoms with Crippen LogP contribution in [0.3, 0.4) is 0 Å². The lowest BCUT2D eigenvalue weighted by Crippen LogP contribution is -2.50. The molecule has 128 valence electrons. The molecule has 1 fully saturated rings. The van der Waals surface area contributed by atoms with Crippen LogP contribution in [0.2, 0.25) is 0 Å². The van der Waals surface area contributed by atoms with Gasteiger partial charge in [-0.1, -0.05) is 18.2 Å². The standard InChI is InChI=1S/C17H23F3N2O/c18-17(19,20)13-22-8-6-21(7-9-22)12-14-5-10-23-16-4-2-1-3-15(16)11-14/h1-4,14H,5-13H2. The van der Waals surface area contributed by atoms with Gasteiger partial charge in [0, 0.05) is 32.7 Å². The highest BCUT2D eigenvalue weighted by Crippen LogP contribution is 2.27. The zero-order chi connectivity index (χ0) is 16.3. The first-order chi connectivity index (χ1) is 11.0. The first kappa shape index (κ1) is 16.6. The van der Waals surface area contributed by atoms with E-state index in [2.05, 4.69) is 11.0 Å². The predicted octanol–water partition coefficient (Wildman–Crippen LogP) is 2.81. The number of rotatable bonds is 3. The number of fused-ring (bicyclic) bond motifs is 1. The Hall–Kier alpha value is -1.27. The molecule has 0 N–H and O–H groups in total. The summed E-state index contributed by atoms with van der Waals surface area (Å²) in [6.45, 7) is 3.31. The molecule has 2 heterocycles. The lowest BCUT2D eigenvalue weighted by molar-refractivity contribution is -0.149. The predicted molar refractivity (Wildman–Crippen MR) is 82.7 cm³/mol. The summed E-state index contributed by atoms with van der Waals surface area (Å²) in [4.78, 5) is 3.80. The molecule has 6 heteroatoms. The van der Waals surface area contributed by atoms with Gasteiger partial charge in [0.2, 0.25) is 0 Å². The Bertz CT molecular complexity index is 513. The van der Waals surface area contributed by atoms with Crippen LogP contribution in [-0.4, -0.2) is 61.9 Å². The summed E-state index contributed by atoms with van der Waals surface area (Å²) in [5.41, 5.74) is 1.24. The van der Waals surface area contributed by atoms with Crippen molar-refractivity contribution >= 4 is 0 Å². The van der Waals surface area contributed by atoms with E-state index in [1.54, 1.807) is 0 Å². The second-order valence-corrected chi connectivity index (χ2v) is 6.51. The van der Waals surface area contributed by atoms with Crippen LogP contribution in [0.5, 0.6) is 5.75 Å². The quantitative estimate of drug-likeness (QED) is 0.849. The maximum Gasteiger partial charge on any atom is 0.401 e. The molecule has 3 nitrogen and oxygen atoms in total. The maximum absolute atomic E-state index is 12.4. The van der Waals surface area contributed by atoms with Gasteiger partial charge >= 0.3 is 6.18 Å².